The molecule has 0 aliphatic carbocycles. The van der Waals surface area contributed by atoms with E-state index in [2.05, 4.69) is 5.32 Å². The molecule has 0 saturated carbocycles. The van der Waals surface area contributed by atoms with Crippen LogP contribution >= 0.6 is 0 Å². The number of methoxy groups -OCH3 is 2. The second-order valence-corrected chi connectivity index (χ2v) is 7.80. The molecule has 1 unspecified atom stereocenters. The van der Waals surface area contributed by atoms with Crippen molar-refractivity contribution >= 4 is 15.9 Å². The van der Waals surface area contributed by atoms with Crippen molar-refractivity contribution in [3.8, 4) is 11.5 Å². The molecule has 1 N–H and O–H groups in total. The molecule has 25 heavy (non-hydrogen) atoms. The van der Waals surface area contributed by atoms with Gasteiger partial charge in [0.25, 0.3) is 5.91 Å². The third kappa shape index (κ3) is 5.32. The zero-order chi connectivity index (χ0) is 18.4. The molecule has 1 amide bonds. The first-order valence-electron chi connectivity index (χ1n) is 7.96. The summed E-state index contributed by atoms with van der Waals surface area (Å²) < 4.78 is 41.7. The highest BCUT2D eigenvalue weighted by atomic mass is 32.2. The van der Waals surface area contributed by atoms with Gasteiger partial charge in [-0.15, -0.1) is 0 Å². The van der Waals surface area contributed by atoms with E-state index in [9.17, 15) is 13.2 Å². The van der Waals surface area contributed by atoms with E-state index in [0.717, 1.165) is 0 Å². The first kappa shape index (κ1) is 19.5. The van der Waals surface area contributed by atoms with Gasteiger partial charge in [0.1, 0.15) is 11.5 Å². The quantitative estimate of drug-likeness (QED) is 0.748. The van der Waals surface area contributed by atoms with Gasteiger partial charge in [0.2, 0.25) is 10.0 Å². The van der Waals surface area contributed by atoms with E-state index in [-0.39, 0.29) is 24.3 Å². The van der Waals surface area contributed by atoms with Crippen LogP contribution in [-0.2, 0) is 14.8 Å². The molecule has 1 aliphatic rings. The number of nitrogens with one attached hydrogen (secondary N) is 1. The summed E-state index contributed by atoms with van der Waals surface area (Å²) in [7, 11) is -0.446. The number of carbonyl (C=O) groups excluding carboxylic acids is 1. The summed E-state index contributed by atoms with van der Waals surface area (Å²) in [5.74, 6) is 0.425. The number of rotatable bonds is 7. The molecule has 0 radical (unpaired) electrons. The third-order valence-electron chi connectivity index (χ3n) is 3.86. The molecule has 1 aromatic carbocycles. The summed E-state index contributed by atoms with van der Waals surface area (Å²) in [5.41, 5.74) is 0.341. The molecule has 1 aromatic rings. The SMILES string of the molecule is COc1cc(OC)cc(C(=O)NCCS(=O)(=O)N2CCOC(C)C2)c1. The van der Waals surface area contributed by atoms with E-state index >= 15 is 0 Å². The lowest BCUT2D eigenvalue weighted by Crippen LogP contribution is -2.46. The molecule has 1 aliphatic heterocycles. The standard InChI is InChI=1S/C16H24N2O6S/c1-12-11-18(5-6-24-12)25(20,21)7-4-17-16(19)13-8-14(22-2)10-15(9-13)23-3/h8-10,12H,4-7,11H2,1-3H3,(H,17,19). The number of morpholine rings is 1. The molecule has 140 valence electrons. The van der Waals surface area contributed by atoms with E-state index in [0.29, 0.717) is 36.8 Å². The largest absolute Gasteiger partial charge is 0.497 e. The average molecular weight is 372 g/mol. The molecule has 0 spiro atoms. The number of hydrogen-bond donors (Lipinski definition) is 1. The molecule has 9 heteroatoms. The first-order valence-corrected chi connectivity index (χ1v) is 9.57. The maximum atomic E-state index is 12.3. The van der Waals surface area contributed by atoms with E-state index < -0.39 is 10.0 Å². The van der Waals surface area contributed by atoms with E-state index in [4.69, 9.17) is 14.2 Å². The van der Waals surface area contributed by atoms with E-state index in [1.807, 2.05) is 6.92 Å². The zero-order valence-corrected chi connectivity index (χ0v) is 15.5. The minimum absolute atomic E-state index is 0.0203. The van der Waals surface area contributed by atoms with Gasteiger partial charge in [-0.25, -0.2) is 8.42 Å². The van der Waals surface area contributed by atoms with Gasteiger partial charge >= 0.3 is 0 Å². The molecule has 0 aromatic heterocycles. The Morgan fingerprint density at radius 3 is 2.48 bits per heavy atom. The predicted octanol–water partition coefficient (Wildman–Crippen LogP) is 0.484. The van der Waals surface area contributed by atoms with Crippen molar-refractivity contribution in [3.63, 3.8) is 0 Å². The molecule has 8 nitrogen and oxygen atoms in total. The molecule has 1 heterocycles. The smallest absolute Gasteiger partial charge is 0.251 e. The van der Waals surface area contributed by atoms with Crippen LogP contribution in [0.1, 0.15) is 17.3 Å². The number of benzene rings is 1. The summed E-state index contributed by atoms with van der Waals surface area (Å²) in [5, 5.41) is 2.62. The average Bonchev–Trinajstić information content (AvgIpc) is 2.61. The lowest BCUT2D eigenvalue weighted by molar-refractivity contribution is 0.0102. The van der Waals surface area contributed by atoms with Gasteiger partial charge in [0, 0.05) is 31.3 Å². The number of hydrogen-bond acceptors (Lipinski definition) is 6. The lowest BCUT2D eigenvalue weighted by atomic mass is 10.2. The monoisotopic (exact) mass is 372 g/mol. The van der Waals surface area contributed by atoms with Gasteiger partial charge < -0.3 is 19.5 Å². The molecular formula is C16H24N2O6S. The van der Waals surface area contributed by atoms with Crippen molar-refractivity contribution in [1.82, 2.24) is 9.62 Å². The van der Waals surface area contributed by atoms with Gasteiger partial charge in [-0.3, -0.25) is 4.79 Å². The minimum atomic E-state index is -3.43. The van der Waals surface area contributed by atoms with Gasteiger partial charge in [-0.05, 0) is 19.1 Å². The Labute approximate surface area is 148 Å². The van der Waals surface area contributed by atoms with E-state index in [1.54, 1.807) is 18.2 Å². The Balaban J connectivity index is 1.93. The van der Waals surface area contributed by atoms with Crippen molar-refractivity contribution in [1.29, 1.82) is 0 Å². The molecular weight excluding hydrogens is 348 g/mol. The predicted molar refractivity (Wildman–Crippen MR) is 92.7 cm³/mol. The van der Waals surface area contributed by atoms with Crippen molar-refractivity contribution in [3.05, 3.63) is 23.8 Å². The highest BCUT2D eigenvalue weighted by molar-refractivity contribution is 7.89. The van der Waals surface area contributed by atoms with Crippen molar-refractivity contribution in [2.45, 2.75) is 13.0 Å². The highest BCUT2D eigenvalue weighted by Gasteiger charge is 2.27. The molecule has 0 bridgehead atoms. The Bertz CT molecular complexity index is 684. The van der Waals surface area contributed by atoms with Gasteiger partial charge in [0.15, 0.2) is 0 Å². The van der Waals surface area contributed by atoms with Crippen LogP contribution in [0.2, 0.25) is 0 Å². The van der Waals surface area contributed by atoms with Crippen molar-refractivity contribution in [2.75, 3.05) is 46.2 Å². The fraction of sp³-hybridized carbons (Fsp3) is 0.562. The number of carbonyl (C=O) groups is 1. The second kappa shape index (κ2) is 8.50. The van der Waals surface area contributed by atoms with Crippen LogP contribution in [-0.4, -0.2) is 70.9 Å². The van der Waals surface area contributed by atoms with Crippen molar-refractivity contribution < 1.29 is 27.4 Å². The fourth-order valence-electron chi connectivity index (χ4n) is 2.50. The van der Waals surface area contributed by atoms with Crippen LogP contribution in [0.4, 0.5) is 0 Å². The zero-order valence-electron chi connectivity index (χ0n) is 14.6. The summed E-state index contributed by atoms with van der Waals surface area (Å²) in [6, 6.07) is 4.78. The van der Waals surface area contributed by atoms with Gasteiger partial charge in [0.05, 0.1) is 32.7 Å². The number of nitrogens with zero attached hydrogens (tertiary/aromatic N) is 1. The second-order valence-electron chi connectivity index (χ2n) is 5.71. The molecule has 1 fully saturated rings. The lowest BCUT2D eigenvalue weighted by Gasteiger charge is -2.30. The maximum absolute atomic E-state index is 12.3. The summed E-state index contributed by atoms with van der Waals surface area (Å²) in [4.78, 5) is 12.2. The summed E-state index contributed by atoms with van der Waals surface area (Å²) in [6.45, 7) is 2.92. The van der Waals surface area contributed by atoms with Crippen LogP contribution < -0.4 is 14.8 Å². The Kier molecular flexibility index (Phi) is 6.63. The van der Waals surface area contributed by atoms with Crippen LogP contribution in [0, 0.1) is 0 Å². The molecule has 2 rings (SSSR count). The number of sulfonamides is 1. The van der Waals surface area contributed by atoms with E-state index in [1.165, 1.54) is 18.5 Å². The van der Waals surface area contributed by atoms with Crippen LogP contribution in [0.3, 0.4) is 0 Å². The summed E-state index contributed by atoms with van der Waals surface area (Å²) >= 11 is 0. The normalized spacial score (nSPS) is 18.6. The van der Waals surface area contributed by atoms with Crippen LogP contribution in [0.25, 0.3) is 0 Å². The maximum Gasteiger partial charge on any atom is 0.251 e. The topological polar surface area (TPSA) is 94.2 Å². The van der Waals surface area contributed by atoms with Crippen molar-refractivity contribution in [2.24, 2.45) is 0 Å². The third-order valence-corrected chi connectivity index (χ3v) is 5.69. The number of ether oxygens (including phenoxy) is 3. The first-order chi connectivity index (χ1) is 11.9. The van der Waals surface area contributed by atoms with Crippen LogP contribution in [0.15, 0.2) is 18.2 Å². The molecule has 1 atom stereocenters. The van der Waals surface area contributed by atoms with Gasteiger partial charge in [-0.2, -0.15) is 4.31 Å². The molecule has 1 saturated heterocycles. The Morgan fingerprint density at radius 1 is 1.28 bits per heavy atom. The van der Waals surface area contributed by atoms with Gasteiger partial charge in [-0.1, -0.05) is 0 Å². The minimum Gasteiger partial charge on any atom is -0.497 e. The highest BCUT2D eigenvalue weighted by Crippen LogP contribution is 2.22. The summed E-state index contributed by atoms with van der Waals surface area (Å²) in [6.07, 6.45) is -0.123. The number of amides is 1. The Hall–Kier alpha value is -1.84. The van der Waals surface area contributed by atoms with Crippen LogP contribution in [0.5, 0.6) is 11.5 Å². The Morgan fingerprint density at radius 2 is 1.92 bits per heavy atom. The fourth-order valence-corrected chi connectivity index (χ4v) is 3.91.